The van der Waals surface area contributed by atoms with Gasteiger partial charge in [0.1, 0.15) is 0 Å². The highest BCUT2D eigenvalue weighted by Gasteiger charge is 2.43. The van der Waals surface area contributed by atoms with Gasteiger partial charge in [-0.25, -0.2) is 4.90 Å². The minimum absolute atomic E-state index is 0.112. The summed E-state index contributed by atoms with van der Waals surface area (Å²) < 4.78 is 0. The van der Waals surface area contributed by atoms with Gasteiger partial charge in [0.25, 0.3) is 11.8 Å². The van der Waals surface area contributed by atoms with Gasteiger partial charge >= 0.3 is 0 Å². The molecule has 5 nitrogen and oxygen atoms in total. The van der Waals surface area contributed by atoms with Crippen molar-refractivity contribution in [1.29, 1.82) is 0 Å². The minimum Gasteiger partial charge on any atom is -0.351 e. The number of carbonyl (C=O) groups is 3. The maximum Gasteiger partial charge on any atom is 0.266 e. The van der Waals surface area contributed by atoms with Crippen molar-refractivity contribution < 1.29 is 14.4 Å². The number of fused-ring (bicyclic) bond motifs is 2. The second-order valence-electron chi connectivity index (χ2n) is 6.61. The smallest absolute Gasteiger partial charge is 0.266 e. The van der Waals surface area contributed by atoms with E-state index in [0.29, 0.717) is 23.4 Å². The molecule has 4 rings (SSSR count). The Morgan fingerprint density at radius 2 is 1.54 bits per heavy atom. The molecule has 0 atom stereocenters. The summed E-state index contributed by atoms with van der Waals surface area (Å²) >= 11 is 0. The van der Waals surface area contributed by atoms with Gasteiger partial charge in [0.2, 0.25) is 5.91 Å². The molecule has 0 spiro atoms. The number of amides is 3. The van der Waals surface area contributed by atoms with Gasteiger partial charge in [-0.1, -0.05) is 24.3 Å². The summed E-state index contributed by atoms with van der Waals surface area (Å²) in [4.78, 5) is 39.1. The third-order valence-corrected chi connectivity index (χ3v) is 4.80. The van der Waals surface area contributed by atoms with E-state index in [-0.39, 0.29) is 17.7 Å². The average molecular weight is 320 g/mol. The Kier molecular flexibility index (Phi) is 2.91. The zero-order valence-corrected chi connectivity index (χ0v) is 13.4. The van der Waals surface area contributed by atoms with Crippen LogP contribution in [0.15, 0.2) is 42.5 Å². The van der Waals surface area contributed by atoms with Crippen LogP contribution in [0, 0.1) is 0 Å². The van der Waals surface area contributed by atoms with Crippen molar-refractivity contribution >= 4 is 23.4 Å². The Morgan fingerprint density at radius 3 is 2.17 bits per heavy atom. The summed E-state index contributed by atoms with van der Waals surface area (Å²) in [6, 6.07) is 12.3. The van der Waals surface area contributed by atoms with Crippen molar-refractivity contribution in [2.24, 2.45) is 0 Å². The first-order chi connectivity index (χ1) is 11.4. The van der Waals surface area contributed by atoms with Crippen molar-refractivity contribution in [2.75, 3.05) is 4.90 Å². The number of hydrogen-bond donors (Lipinski definition) is 1. The van der Waals surface area contributed by atoms with E-state index in [4.69, 9.17) is 0 Å². The minimum atomic E-state index is -0.820. The number of benzene rings is 2. The van der Waals surface area contributed by atoms with Crippen LogP contribution in [0.1, 0.15) is 45.7 Å². The fourth-order valence-corrected chi connectivity index (χ4v) is 3.56. The largest absolute Gasteiger partial charge is 0.351 e. The van der Waals surface area contributed by atoms with Crippen LogP contribution in [0.25, 0.3) is 0 Å². The lowest BCUT2D eigenvalue weighted by molar-refractivity contribution is -0.126. The normalized spacial score (nSPS) is 18.2. The molecule has 0 unspecified atom stereocenters. The number of carbonyl (C=O) groups excluding carboxylic acids is 3. The molecule has 1 N–H and O–H groups in total. The predicted molar refractivity (Wildman–Crippen MR) is 88.9 cm³/mol. The summed E-state index contributed by atoms with van der Waals surface area (Å²) in [6.07, 6.45) is 0. The van der Waals surface area contributed by atoms with E-state index in [2.05, 4.69) is 5.32 Å². The van der Waals surface area contributed by atoms with Crippen molar-refractivity contribution in [2.45, 2.75) is 25.8 Å². The summed E-state index contributed by atoms with van der Waals surface area (Å²) in [5.74, 6) is -0.796. The molecule has 2 aromatic rings. The second-order valence-corrected chi connectivity index (χ2v) is 6.61. The lowest BCUT2D eigenvalue weighted by atomic mass is 9.77. The Labute approximate surface area is 139 Å². The van der Waals surface area contributed by atoms with E-state index in [1.165, 1.54) is 4.90 Å². The van der Waals surface area contributed by atoms with Crippen molar-refractivity contribution in [3.05, 3.63) is 64.7 Å². The Hall–Kier alpha value is -2.95. The number of nitrogens with zero attached hydrogens (tertiary/aromatic N) is 1. The first-order valence-corrected chi connectivity index (χ1v) is 7.81. The molecule has 2 aliphatic heterocycles. The highest BCUT2D eigenvalue weighted by atomic mass is 16.2. The molecule has 0 fully saturated rings. The van der Waals surface area contributed by atoms with E-state index in [1.54, 1.807) is 30.3 Å². The first kappa shape index (κ1) is 14.6. The lowest BCUT2D eigenvalue weighted by Crippen LogP contribution is -2.46. The number of anilines is 1. The monoisotopic (exact) mass is 320 g/mol. The molecule has 2 aromatic carbocycles. The number of hydrogen-bond acceptors (Lipinski definition) is 3. The van der Waals surface area contributed by atoms with E-state index in [1.807, 2.05) is 26.0 Å². The van der Waals surface area contributed by atoms with Crippen LogP contribution in [0.4, 0.5) is 5.69 Å². The highest BCUT2D eigenvalue weighted by Crippen LogP contribution is 2.40. The van der Waals surface area contributed by atoms with Crippen LogP contribution >= 0.6 is 0 Å². The molecule has 120 valence electrons. The van der Waals surface area contributed by atoms with Crippen LogP contribution < -0.4 is 10.2 Å². The van der Waals surface area contributed by atoms with Gasteiger partial charge in [-0.2, -0.15) is 0 Å². The molecule has 5 heteroatoms. The zero-order valence-electron chi connectivity index (χ0n) is 13.4. The van der Waals surface area contributed by atoms with Crippen LogP contribution in [0.3, 0.4) is 0 Å². The Bertz CT molecular complexity index is 880. The Morgan fingerprint density at radius 1 is 0.917 bits per heavy atom. The molecule has 0 saturated heterocycles. The average Bonchev–Trinajstić information content (AvgIpc) is 2.82. The third-order valence-electron chi connectivity index (χ3n) is 4.80. The standard InChI is InChI=1S/C19H16N2O3/c1-19(2)15-11(10-20-18(19)24)6-5-9-14(15)21-16(22)12-7-3-4-8-13(12)17(21)23/h3-9H,10H2,1-2H3,(H,20,24). The van der Waals surface area contributed by atoms with Crippen LogP contribution in [-0.2, 0) is 16.8 Å². The van der Waals surface area contributed by atoms with Crippen molar-refractivity contribution in [3.8, 4) is 0 Å². The molecule has 0 aliphatic carbocycles. The summed E-state index contributed by atoms with van der Waals surface area (Å²) in [7, 11) is 0. The van der Waals surface area contributed by atoms with Crippen LogP contribution in [0.5, 0.6) is 0 Å². The van der Waals surface area contributed by atoms with E-state index >= 15 is 0 Å². The number of rotatable bonds is 1. The Balaban J connectivity index is 1.93. The quantitative estimate of drug-likeness (QED) is 0.821. The van der Waals surface area contributed by atoms with Gasteiger partial charge in [-0.05, 0) is 43.2 Å². The SMILES string of the molecule is CC1(C)C(=O)NCc2cccc(N3C(=O)c4ccccc4C3=O)c21. The second kappa shape index (κ2) is 4.77. The van der Waals surface area contributed by atoms with Gasteiger partial charge in [-0.15, -0.1) is 0 Å². The van der Waals surface area contributed by atoms with E-state index in [0.717, 1.165) is 11.1 Å². The first-order valence-electron chi connectivity index (χ1n) is 7.81. The fraction of sp³-hybridized carbons (Fsp3) is 0.211. The third kappa shape index (κ3) is 1.78. The van der Waals surface area contributed by atoms with Crippen LogP contribution in [0.2, 0.25) is 0 Å². The number of nitrogens with one attached hydrogen (secondary N) is 1. The summed E-state index contributed by atoms with van der Waals surface area (Å²) in [5, 5.41) is 2.86. The molecule has 0 saturated carbocycles. The summed E-state index contributed by atoms with van der Waals surface area (Å²) in [5.41, 5.74) is 2.14. The fourth-order valence-electron chi connectivity index (χ4n) is 3.56. The molecule has 0 bridgehead atoms. The maximum absolute atomic E-state index is 12.8. The molecule has 24 heavy (non-hydrogen) atoms. The molecule has 0 radical (unpaired) electrons. The molecule has 2 aliphatic rings. The topological polar surface area (TPSA) is 66.5 Å². The molecular formula is C19H16N2O3. The van der Waals surface area contributed by atoms with Crippen molar-refractivity contribution in [3.63, 3.8) is 0 Å². The van der Waals surface area contributed by atoms with Gasteiger partial charge in [0, 0.05) is 6.54 Å². The van der Waals surface area contributed by atoms with Gasteiger partial charge < -0.3 is 5.32 Å². The molecule has 3 amide bonds. The molecule has 2 heterocycles. The summed E-state index contributed by atoms with van der Waals surface area (Å²) in [6.45, 7) is 4.01. The van der Waals surface area contributed by atoms with Gasteiger partial charge in [0.15, 0.2) is 0 Å². The molecule has 0 aromatic heterocycles. The zero-order chi connectivity index (χ0) is 17.1. The number of imide groups is 1. The molecular weight excluding hydrogens is 304 g/mol. The van der Waals surface area contributed by atoms with Gasteiger partial charge in [0.05, 0.1) is 22.2 Å². The van der Waals surface area contributed by atoms with Crippen LogP contribution in [-0.4, -0.2) is 17.7 Å². The lowest BCUT2D eigenvalue weighted by Gasteiger charge is -2.35. The van der Waals surface area contributed by atoms with Crippen molar-refractivity contribution in [1.82, 2.24) is 5.32 Å². The van der Waals surface area contributed by atoms with E-state index < -0.39 is 5.41 Å². The predicted octanol–water partition coefficient (Wildman–Crippen LogP) is 2.39. The van der Waals surface area contributed by atoms with Gasteiger partial charge in [-0.3, -0.25) is 14.4 Å². The maximum atomic E-state index is 12.8. The highest BCUT2D eigenvalue weighted by molar-refractivity contribution is 6.34. The van der Waals surface area contributed by atoms with E-state index in [9.17, 15) is 14.4 Å².